The standard InChI is InChI=1S/C17H21N3O7/c1-5-6-18-17(24)20-15(22)9-27-16(23)11-7-13(25-3)14(26-4)8-12(11)19-10(2)21/h5,7-8H,1,6,9H2,2-4H3,(H,19,21)(H2,18,20,22,24). The van der Waals surface area contributed by atoms with E-state index >= 15 is 0 Å². The number of amides is 4. The highest BCUT2D eigenvalue weighted by molar-refractivity contribution is 6.03. The fourth-order valence-corrected chi connectivity index (χ4v) is 1.92. The molecule has 1 rings (SSSR count). The average molecular weight is 379 g/mol. The molecule has 10 heteroatoms. The first-order valence-electron chi connectivity index (χ1n) is 7.71. The van der Waals surface area contributed by atoms with Crippen molar-refractivity contribution in [3.63, 3.8) is 0 Å². The maximum atomic E-state index is 12.3. The van der Waals surface area contributed by atoms with E-state index in [9.17, 15) is 19.2 Å². The Morgan fingerprint density at radius 1 is 1.11 bits per heavy atom. The van der Waals surface area contributed by atoms with Gasteiger partial charge in [-0.3, -0.25) is 14.9 Å². The SMILES string of the molecule is C=CCNC(=O)NC(=O)COC(=O)c1cc(OC)c(OC)cc1NC(C)=O. The van der Waals surface area contributed by atoms with Crippen molar-refractivity contribution in [3.8, 4) is 11.5 Å². The third-order valence-electron chi connectivity index (χ3n) is 3.05. The minimum atomic E-state index is -0.902. The highest BCUT2D eigenvalue weighted by atomic mass is 16.5. The number of esters is 1. The first-order valence-corrected chi connectivity index (χ1v) is 7.71. The minimum absolute atomic E-state index is 0.0493. The van der Waals surface area contributed by atoms with Crippen LogP contribution in [0.1, 0.15) is 17.3 Å². The monoisotopic (exact) mass is 379 g/mol. The van der Waals surface area contributed by atoms with Crippen LogP contribution < -0.4 is 25.4 Å². The third-order valence-corrected chi connectivity index (χ3v) is 3.05. The Morgan fingerprint density at radius 2 is 1.74 bits per heavy atom. The Bertz CT molecular complexity index is 746. The second-order valence-corrected chi connectivity index (χ2v) is 5.06. The zero-order chi connectivity index (χ0) is 20.4. The molecule has 0 unspecified atom stereocenters. The van der Waals surface area contributed by atoms with Crippen LogP contribution in [0.5, 0.6) is 11.5 Å². The van der Waals surface area contributed by atoms with Crippen molar-refractivity contribution in [3.05, 3.63) is 30.4 Å². The largest absolute Gasteiger partial charge is 0.493 e. The molecule has 0 spiro atoms. The number of methoxy groups -OCH3 is 2. The van der Waals surface area contributed by atoms with Gasteiger partial charge in [0.15, 0.2) is 18.1 Å². The number of imide groups is 1. The summed E-state index contributed by atoms with van der Waals surface area (Å²) in [7, 11) is 2.77. The van der Waals surface area contributed by atoms with Gasteiger partial charge in [0.05, 0.1) is 25.5 Å². The van der Waals surface area contributed by atoms with Crippen LogP contribution >= 0.6 is 0 Å². The second kappa shape index (κ2) is 10.4. The van der Waals surface area contributed by atoms with E-state index in [-0.39, 0.29) is 29.3 Å². The summed E-state index contributed by atoms with van der Waals surface area (Å²) in [6.45, 7) is 4.15. The Labute approximate surface area is 155 Å². The van der Waals surface area contributed by atoms with E-state index in [0.717, 1.165) is 0 Å². The van der Waals surface area contributed by atoms with Gasteiger partial charge in [-0.2, -0.15) is 0 Å². The zero-order valence-electron chi connectivity index (χ0n) is 15.2. The van der Waals surface area contributed by atoms with E-state index in [0.29, 0.717) is 0 Å². The molecule has 27 heavy (non-hydrogen) atoms. The van der Waals surface area contributed by atoms with Crippen LogP contribution in [0.3, 0.4) is 0 Å². The highest BCUT2D eigenvalue weighted by Crippen LogP contribution is 2.33. The van der Waals surface area contributed by atoms with Crippen molar-refractivity contribution < 1.29 is 33.4 Å². The predicted molar refractivity (Wildman–Crippen MR) is 95.9 cm³/mol. The molecule has 0 radical (unpaired) electrons. The van der Waals surface area contributed by atoms with Gasteiger partial charge in [0.25, 0.3) is 5.91 Å². The van der Waals surface area contributed by atoms with E-state index < -0.39 is 30.4 Å². The Kier molecular flexibility index (Phi) is 8.30. The van der Waals surface area contributed by atoms with Crippen LogP contribution in [0.4, 0.5) is 10.5 Å². The minimum Gasteiger partial charge on any atom is -0.493 e. The van der Waals surface area contributed by atoms with Crippen LogP contribution in [-0.4, -0.2) is 51.2 Å². The normalized spacial score (nSPS) is 9.59. The van der Waals surface area contributed by atoms with Crippen LogP contribution in [0.15, 0.2) is 24.8 Å². The smallest absolute Gasteiger partial charge is 0.340 e. The lowest BCUT2D eigenvalue weighted by Crippen LogP contribution is -2.41. The topological polar surface area (TPSA) is 132 Å². The molecule has 0 fully saturated rings. The van der Waals surface area contributed by atoms with Crippen molar-refractivity contribution in [1.82, 2.24) is 10.6 Å². The zero-order valence-corrected chi connectivity index (χ0v) is 15.2. The van der Waals surface area contributed by atoms with Crippen LogP contribution in [-0.2, 0) is 14.3 Å². The molecular formula is C17H21N3O7. The van der Waals surface area contributed by atoms with Crippen molar-refractivity contribution >= 4 is 29.5 Å². The molecule has 0 aromatic heterocycles. The van der Waals surface area contributed by atoms with Gasteiger partial charge < -0.3 is 24.8 Å². The maximum Gasteiger partial charge on any atom is 0.340 e. The second-order valence-electron chi connectivity index (χ2n) is 5.06. The van der Waals surface area contributed by atoms with E-state index in [1.54, 1.807) is 0 Å². The summed E-state index contributed by atoms with van der Waals surface area (Å²) >= 11 is 0. The molecule has 0 heterocycles. The van der Waals surface area contributed by atoms with E-state index in [4.69, 9.17) is 14.2 Å². The number of benzene rings is 1. The lowest BCUT2D eigenvalue weighted by atomic mass is 10.1. The number of rotatable bonds is 8. The van der Waals surface area contributed by atoms with Gasteiger partial charge in [-0.25, -0.2) is 9.59 Å². The quantitative estimate of drug-likeness (QED) is 0.450. The summed E-state index contributed by atoms with van der Waals surface area (Å²) in [4.78, 5) is 46.7. The van der Waals surface area contributed by atoms with Gasteiger partial charge in [-0.15, -0.1) is 6.58 Å². The first kappa shape index (κ1) is 21.5. The van der Waals surface area contributed by atoms with E-state index in [1.807, 2.05) is 5.32 Å². The third kappa shape index (κ3) is 6.69. The van der Waals surface area contributed by atoms with Gasteiger partial charge >= 0.3 is 12.0 Å². The molecule has 0 bridgehead atoms. The van der Waals surface area contributed by atoms with Crippen molar-refractivity contribution in [1.29, 1.82) is 0 Å². The number of carbonyl (C=O) groups is 4. The van der Waals surface area contributed by atoms with Crippen molar-refractivity contribution in [2.75, 3.05) is 32.7 Å². The molecule has 3 N–H and O–H groups in total. The number of ether oxygens (including phenoxy) is 3. The maximum absolute atomic E-state index is 12.3. The molecule has 0 atom stereocenters. The van der Waals surface area contributed by atoms with Crippen molar-refractivity contribution in [2.24, 2.45) is 0 Å². The number of urea groups is 1. The molecule has 0 saturated carbocycles. The van der Waals surface area contributed by atoms with E-state index in [2.05, 4.69) is 17.2 Å². The van der Waals surface area contributed by atoms with Gasteiger partial charge in [-0.05, 0) is 0 Å². The van der Waals surface area contributed by atoms with E-state index in [1.165, 1.54) is 39.4 Å². The molecular weight excluding hydrogens is 358 g/mol. The number of anilines is 1. The molecule has 1 aromatic carbocycles. The van der Waals surface area contributed by atoms with Crippen LogP contribution in [0.25, 0.3) is 0 Å². The van der Waals surface area contributed by atoms with Crippen LogP contribution in [0, 0.1) is 0 Å². The predicted octanol–water partition coefficient (Wildman–Crippen LogP) is 0.831. The fourth-order valence-electron chi connectivity index (χ4n) is 1.92. The summed E-state index contributed by atoms with van der Waals surface area (Å²) < 4.78 is 15.1. The van der Waals surface area contributed by atoms with Gasteiger partial charge in [0, 0.05) is 25.6 Å². The molecule has 4 amide bonds. The Morgan fingerprint density at radius 3 is 2.30 bits per heavy atom. The summed E-state index contributed by atoms with van der Waals surface area (Å²) in [5.41, 5.74) is 0.0704. The number of nitrogens with one attached hydrogen (secondary N) is 3. The molecule has 0 saturated heterocycles. The van der Waals surface area contributed by atoms with Gasteiger partial charge in [0.1, 0.15) is 0 Å². The molecule has 0 aliphatic rings. The molecule has 10 nitrogen and oxygen atoms in total. The molecule has 0 aliphatic carbocycles. The first-order chi connectivity index (χ1) is 12.8. The van der Waals surface area contributed by atoms with Crippen molar-refractivity contribution in [2.45, 2.75) is 6.92 Å². The van der Waals surface area contributed by atoms with Gasteiger partial charge in [0.2, 0.25) is 5.91 Å². The van der Waals surface area contributed by atoms with Gasteiger partial charge in [-0.1, -0.05) is 6.08 Å². The molecule has 146 valence electrons. The summed E-state index contributed by atoms with van der Waals surface area (Å²) in [6.07, 6.45) is 1.44. The Balaban J connectivity index is 2.88. The average Bonchev–Trinajstić information content (AvgIpc) is 2.63. The summed E-state index contributed by atoms with van der Waals surface area (Å²) in [6, 6.07) is 1.95. The lowest BCUT2D eigenvalue weighted by Gasteiger charge is -2.14. The summed E-state index contributed by atoms with van der Waals surface area (Å²) in [5.74, 6) is -1.64. The van der Waals surface area contributed by atoms with Crippen LogP contribution in [0.2, 0.25) is 0 Å². The Hall–Kier alpha value is -3.56. The molecule has 1 aromatic rings. The number of carbonyl (C=O) groups excluding carboxylic acids is 4. The lowest BCUT2D eigenvalue weighted by molar-refractivity contribution is -0.123. The highest BCUT2D eigenvalue weighted by Gasteiger charge is 2.20. The number of hydrogen-bond donors (Lipinski definition) is 3. The fraction of sp³-hybridized carbons (Fsp3) is 0.294. The number of hydrogen-bond acceptors (Lipinski definition) is 7. The summed E-state index contributed by atoms with van der Waals surface area (Å²) in [5, 5.41) is 6.79. The molecule has 0 aliphatic heterocycles.